The summed E-state index contributed by atoms with van der Waals surface area (Å²) in [6, 6.07) is 2.05. The highest BCUT2D eigenvalue weighted by Crippen LogP contribution is 2.26. The maximum absolute atomic E-state index is 9.89. The average molecular weight is 299 g/mol. The number of aliphatic hydroxyl groups excluding tert-OH is 1. The minimum absolute atomic E-state index is 0.152. The van der Waals surface area contributed by atoms with E-state index in [0.717, 1.165) is 41.7 Å². The van der Waals surface area contributed by atoms with Gasteiger partial charge in [0.25, 0.3) is 0 Å². The molecule has 0 spiro atoms. The average Bonchev–Trinajstić information content (AvgIpc) is 2.30. The molecule has 1 saturated carbocycles. The van der Waals surface area contributed by atoms with Crippen molar-refractivity contribution in [2.24, 2.45) is 5.92 Å². The Labute approximate surface area is 111 Å². The predicted molar refractivity (Wildman–Crippen MR) is 73.1 cm³/mol. The number of pyridine rings is 1. The first-order chi connectivity index (χ1) is 8.16. The predicted octanol–water partition coefficient (Wildman–Crippen LogP) is 3.12. The van der Waals surface area contributed by atoms with Crippen LogP contribution < -0.4 is 5.32 Å². The molecule has 2 unspecified atom stereocenters. The lowest BCUT2D eigenvalue weighted by molar-refractivity contribution is 0.0763. The van der Waals surface area contributed by atoms with Gasteiger partial charge in [0.1, 0.15) is 5.82 Å². The van der Waals surface area contributed by atoms with E-state index in [2.05, 4.69) is 26.2 Å². The summed E-state index contributed by atoms with van der Waals surface area (Å²) in [5, 5.41) is 13.2. The fourth-order valence-electron chi connectivity index (χ4n) is 2.32. The summed E-state index contributed by atoms with van der Waals surface area (Å²) in [5.74, 6) is 1.23. The van der Waals surface area contributed by atoms with Crippen LogP contribution in [0.4, 0.5) is 5.82 Å². The molecule has 0 aliphatic heterocycles. The Morgan fingerprint density at radius 2 is 2.24 bits per heavy atom. The normalized spacial score (nSPS) is 24.6. The molecule has 1 heterocycles. The van der Waals surface area contributed by atoms with E-state index < -0.39 is 0 Å². The van der Waals surface area contributed by atoms with Gasteiger partial charge in [-0.2, -0.15) is 0 Å². The van der Waals surface area contributed by atoms with Crippen molar-refractivity contribution < 1.29 is 5.11 Å². The van der Waals surface area contributed by atoms with E-state index >= 15 is 0 Å². The molecule has 4 heteroatoms. The van der Waals surface area contributed by atoms with E-state index in [1.165, 1.54) is 6.42 Å². The third-order valence-corrected chi connectivity index (χ3v) is 3.98. The molecule has 2 rings (SSSR count). The fraction of sp³-hybridized carbons (Fsp3) is 0.615. The van der Waals surface area contributed by atoms with Crippen LogP contribution in [0.2, 0.25) is 0 Å². The molecule has 0 radical (unpaired) electrons. The molecule has 0 saturated heterocycles. The van der Waals surface area contributed by atoms with Gasteiger partial charge in [0, 0.05) is 18.7 Å². The number of hydrogen-bond donors (Lipinski definition) is 2. The van der Waals surface area contributed by atoms with Gasteiger partial charge in [-0.25, -0.2) is 4.98 Å². The van der Waals surface area contributed by atoms with Crippen LogP contribution >= 0.6 is 15.9 Å². The second-order valence-electron chi connectivity index (χ2n) is 4.84. The largest absolute Gasteiger partial charge is 0.393 e. The molecule has 0 aromatic carbocycles. The van der Waals surface area contributed by atoms with E-state index in [4.69, 9.17) is 0 Å². The third-order valence-electron chi connectivity index (χ3n) is 3.38. The molecule has 1 aromatic rings. The van der Waals surface area contributed by atoms with Crippen LogP contribution in [0, 0.1) is 12.8 Å². The number of rotatable bonds is 3. The number of halogens is 1. The van der Waals surface area contributed by atoms with Crippen LogP contribution in [0.15, 0.2) is 16.7 Å². The topological polar surface area (TPSA) is 45.2 Å². The van der Waals surface area contributed by atoms with Crippen molar-refractivity contribution in [2.45, 2.75) is 38.7 Å². The molecule has 94 valence electrons. The van der Waals surface area contributed by atoms with Gasteiger partial charge >= 0.3 is 0 Å². The molecular formula is C13H19BrN2O. The number of aryl methyl sites for hydroxylation is 1. The number of nitrogens with zero attached hydrogens (tertiary/aromatic N) is 1. The summed E-state index contributed by atoms with van der Waals surface area (Å²) < 4.78 is 0.989. The van der Waals surface area contributed by atoms with Crippen LogP contribution in [0.25, 0.3) is 0 Å². The zero-order valence-electron chi connectivity index (χ0n) is 10.1. The second-order valence-corrected chi connectivity index (χ2v) is 5.69. The SMILES string of the molecule is Cc1cnc(NCC2CCCCC2O)c(Br)c1. The Bertz CT molecular complexity index is 384. The van der Waals surface area contributed by atoms with Crippen LogP contribution in [-0.4, -0.2) is 22.7 Å². The van der Waals surface area contributed by atoms with E-state index in [-0.39, 0.29) is 6.10 Å². The molecule has 0 bridgehead atoms. The van der Waals surface area contributed by atoms with Crippen molar-refractivity contribution in [1.29, 1.82) is 0 Å². The molecule has 1 aromatic heterocycles. The minimum atomic E-state index is -0.152. The van der Waals surface area contributed by atoms with Crippen molar-refractivity contribution in [3.8, 4) is 0 Å². The highest BCUT2D eigenvalue weighted by atomic mass is 79.9. The molecule has 1 aliphatic carbocycles. The molecule has 1 fully saturated rings. The van der Waals surface area contributed by atoms with E-state index in [1.54, 1.807) is 0 Å². The summed E-state index contributed by atoms with van der Waals surface area (Å²) >= 11 is 3.50. The van der Waals surface area contributed by atoms with Gasteiger partial charge in [-0.3, -0.25) is 0 Å². The quantitative estimate of drug-likeness (QED) is 0.901. The number of hydrogen-bond acceptors (Lipinski definition) is 3. The van der Waals surface area contributed by atoms with Crippen molar-refractivity contribution in [3.63, 3.8) is 0 Å². The van der Waals surface area contributed by atoms with Gasteiger partial charge in [0.05, 0.1) is 10.6 Å². The third kappa shape index (κ3) is 3.42. The summed E-state index contributed by atoms with van der Waals surface area (Å²) in [6.07, 6.45) is 6.13. The van der Waals surface area contributed by atoms with Crippen molar-refractivity contribution in [3.05, 3.63) is 22.3 Å². The minimum Gasteiger partial charge on any atom is -0.393 e. The van der Waals surface area contributed by atoms with Gasteiger partial charge in [0.2, 0.25) is 0 Å². The smallest absolute Gasteiger partial charge is 0.140 e. The van der Waals surface area contributed by atoms with E-state index in [1.807, 2.05) is 19.2 Å². The van der Waals surface area contributed by atoms with Crippen molar-refractivity contribution in [1.82, 2.24) is 4.98 Å². The summed E-state index contributed by atoms with van der Waals surface area (Å²) in [5.41, 5.74) is 1.14. The lowest BCUT2D eigenvalue weighted by Crippen LogP contribution is -2.30. The van der Waals surface area contributed by atoms with Gasteiger partial charge in [0.15, 0.2) is 0 Å². The Hall–Kier alpha value is -0.610. The standard InChI is InChI=1S/C13H19BrN2O/c1-9-6-11(14)13(15-7-9)16-8-10-4-2-3-5-12(10)17/h6-7,10,12,17H,2-5,8H2,1H3,(H,15,16). The monoisotopic (exact) mass is 298 g/mol. The van der Waals surface area contributed by atoms with Gasteiger partial charge in [-0.1, -0.05) is 12.8 Å². The highest BCUT2D eigenvalue weighted by molar-refractivity contribution is 9.10. The van der Waals surface area contributed by atoms with Crippen LogP contribution in [0.5, 0.6) is 0 Å². The number of anilines is 1. The van der Waals surface area contributed by atoms with E-state index in [9.17, 15) is 5.11 Å². The van der Waals surface area contributed by atoms with Crippen LogP contribution in [0.3, 0.4) is 0 Å². The molecule has 2 N–H and O–H groups in total. The summed E-state index contributed by atoms with van der Waals surface area (Å²) in [6.45, 7) is 2.82. The first-order valence-electron chi connectivity index (χ1n) is 6.21. The molecule has 0 amide bonds. The number of nitrogens with one attached hydrogen (secondary N) is 1. The maximum Gasteiger partial charge on any atom is 0.140 e. The number of aromatic nitrogens is 1. The van der Waals surface area contributed by atoms with Gasteiger partial charge in [-0.05, 0) is 47.3 Å². The zero-order valence-corrected chi connectivity index (χ0v) is 11.7. The Balaban J connectivity index is 1.92. The second kappa shape index (κ2) is 5.83. The Morgan fingerprint density at radius 3 is 2.94 bits per heavy atom. The Morgan fingerprint density at radius 1 is 1.47 bits per heavy atom. The lowest BCUT2D eigenvalue weighted by Gasteiger charge is -2.27. The highest BCUT2D eigenvalue weighted by Gasteiger charge is 2.22. The zero-order chi connectivity index (χ0) is 12.3. The van der Waals surface area contributed by atoms with Crippen molar-refractivity contribution in [2.75, 3.05) is 11.9 Å². The molecule has 1 aliphatic rings. The fourth-order valence-corrected chi connectivity index (χ4v) is 2.92. The van der Waals surface area contributed by atoms with Crippen LogP contribution in [-0.2, 0) is 0 Å². The first-order valence-corrected chi connectivity index (χ1v) is 7.00. The summed E-state index contributed by atoms with van der Waals surface area (Å²) in [7, 11) is 0. The van der Waals surface area contributed by atoms with Gasteiger partial charge in [-0.15, -0.1) is 0 Å². The number of aliphatic hydroxyl groups is 1. The Kier molecular flexibility index (Phi) is 4.40. The molecule has 3 nitrogen and oxygen atoms in total. The van der Waals surface area contributed by atoms with Crippen LogP contribution in [0.1, 0.15) is 31.2 Å². The van der Waals surface area contributed by atoms with Gasteiger partial charge < -0.3 is 10.4 Å². The maximum atomic E-state index is 9.89. The van der Waals surface area contributed by atoms with E-state index in [0.29, 0.717) is 5.92 Å². The summed E-state index contributed by atoms with van der Waals surface area (Å²) in [4.78, 5) is 4.35. The molecule has 2 atom stereocenters. The molecular weight excluding hydrogens is 280 g/mol. The van der Waals surface area contributed by atoms with Crippen molar-refractivity contribution >= 4 is 21.7 Å². The first kappa shape index (κ1) is 12.8. The lowest BCUT2D eigenvalue weighted by atomic mass is 9.86. The molecule has 17 heavy (non-hydrogen) atoms.